The second-order valence-corrected chi connectivity index (χ2v) is 4.41. The van der Waals surface area contributed by atoms with Gasteiger partial charge in [-0.1, -0.05) is 6.07 Å². The molecule has 1 aromatic carbocycles. The van der Waals surface area contributed by atoms with E-state index < -0.39 is 11.7 Å². The molecule has 1 atom stereocenters. The van der Waals surface area contributed by atoms with E-state index in [4.69, 9.17) is 4.42 Å². The summed E-state index contributed by atoms with van der Waals surface area (Å²) in [6.07, 6.45) is -2.13. The summed E-state index contributed by atoms with van der Waals surface area (Å²) in [5.41, 5.74) is -0.198. The van der Waals surface area contributed by atoms with Crippen molar-refractivity contribution in [3.63, 3.8) is 0 Å². The van der Waals surface area contributed by atoms with E-state index in [-0.39, 0.29) is 6.04 Å². The molecule has 1 unspecified atom stereocenters. The average Bonchev–Trinajstić information content (AvgIpc) is 2.80. The molecule has 1 heterocycles. The Morgan fingerprint density at radius 1 is 1.21 bits per heavy atom. The summed E-state index contributed by atoms with van der Waals surface area (Å²) in [5.74, 6) is 0.798. The highest BCUT2D eigenvalue weighted by Crippen LogP contribution is 2.30. The van der Waals surface area contributed by atoms with Crippen LogP contribution in [0.15, 0.2) is 47.1 Å². The van der Waals surface area contributed by atoms with Gasteiger partial charge in [0.2, 0.25) is 0 Å². The van der Waals surface area contributed by atoms with Crippen LogP contribution in [0.1, 0.15) is 18.2 Å². The second-order valence-electron chi connectivity index (χ2n) is 4.41. The molecule has 2 nitrogen and oxygen atoms in total. The molecule has 1 aromatic heterocycles. The van der Waals surface area contributed by atoms with Crippen LogP contribution in [0.3, 0.4) is 0 Å². The zero-order valence-corrected chi connectivity index (χ0v) is 10.4. The van der Waals surface area contributed by atoms with Crippen molar-refractivity contribution >= 4 is 5.69 Å². The van der Waals surface area contributed by atoms with Gasteiger partial charge in [0.15, 0.2) is 0 Å². The SMILES string of the molecule is CC(Cc1ccco1)Nc1cccc(C(F)(F)F)c1. The Hall–Kier alpha value is -1.91. The first-order valence-corrected chi connectivity index (χ1v) is 5.91. The fourth-order valence-electron chi connectivity index (χ4n) is 1.85. The molecule has 2 aromatic rings. The van der Waals surface area contributed by atoms with Gasteiger partial charge >= 0.3 is 6.18 Å². The molecule has 0 saturated heterocycles. The van der Waals surface area contributed by atoms with Crippen molar-refractivity contribution in [2.45, 2.75) is 25.6 Å². The number of anilines is 1. The molecule has 0 fully saturated rings. The van der Waals surface area contributed by atoms with Crippen molar-refractivity contribution in [1.29, 1.82) is 0 Å². The van der Waals surface area contributed by atoms with Gasteiger partial charge in [0.1, 0.15) is 5.76 Å². The lowest BCUT2D eigenvalue weighted by Gasteiger charge is -2.15. The van der Waals surface area contributed by atoms with Crippen LogP contribution in [0.5, 0.6) is 0 Å². The van der Waals surface area contributed by atoms with Crippen LogP contribution in [-0.4, -0.2) is 6.04 Å². The second kappa shape index (κ2) is 5.38. The van der Waals surface area contributed by atoms with E-state index in [0.29, 0.717) is 12.1 Å². The molecule has 0 aliphatic rings. The molecule has 0 saturated carbocycles. The first kappa shape index (κ1) is 13.5. The van der Waals surface area contributed by atoms with E-state index in [0.717, 1.165) is 17.9 Å². The highest BCUT2D eigenvalue weighted by atomic mass is 19.4. The fourth-order valence-corrected chi connectivity index (χ4v) is 1.85. The van der Waals surface area contributed by atoms with Crippen molar-refractivity contribution in [2.75, 3.05) is 5.32 Å². The monoisotopic (exact) mass is 269 g/mol. The normalized spacial score (nSPS) is 13.3. The Balaban J connectivity index is 2.03. The van der Waals surface area contributed by atoms with Crippen LogP contribution in [0.4, 0.5) is 18.9 Å². The molecule has 0 aliphatic heterocycles. The first-order valence-electron chi connectivity index (χ1n) is 5.91. The van der Waals surface area contributed by atoms with Crippen molar-refractivity contribution in [1.82, 2.24) is 0 Å². The molecule has 5 heteroatoms. The van der Waals surface area contributed by atoms with Crippen LogP contribution < -0.4 is 5.32 Å². The Bertz CT molecular complexity index is 520. The van der Waals surface area contributed by atoms with Gasteiger partial charge in [-0.05, 0) is 37.3 Å². The number of hydrogen-bond acceptors (Lipinski definition) is 2. The summed E-state index contributed by atoms with van der Waals surface area (Å²) < 4.78 is 42.9. The van der Waals surface area contributed by atoms with Gasteiger partial charge in [0.05, 0.1) is 11.8 Å². The van der Waals surface area contributed by atoms with E-state index >= 15 is 0 Å². The van der Waals surface area contributed by atoms with Gasteiger partial charge in [-0.15, -0.1) is 0 Å². The molecule has 0 bridgehead atoms. The van der Waals surface area contributed by atoms with Crippen molar-refractivity contribution in [2.24, 2.45) is 0 Å². The smallest absolute Gasteiger partial charge is 0.416 e. The molecule has 102 valence electrons. The van der Waals surface area contributed by atoms with Crippen LogP contribution >= 0.6 is 0 Å². The molecular formula is C14H14F3NO. The minimum atomic E-state index is -4.32. The molecule has 2 rings (SSSR count). The standard InChI is InChI=1S/C14H14F3NO/c1-10(8-13-6-3-7-19-13)18-12-5-2-4-11(9-12)14(15,16)17/h2-7,9-10,18H,8H2,1H3. The largest absolute Gasteiger partial charge is 0.469 e. The van der Waals surface area contributed by atoms with E-state index in [1.165, 1.54) is 6.07 Å². The molecule has 1 N–H and O–H groups in total. The highest BCUT2D eigenvalue weighted by Gasteiger charge is 2.30. The Labute approximate surface area is 109 Å². The van der Waals surface area contributed by atoms with E-state index in [1.54, 1.807) is 18.4 Å². The third-order valence-electron chi connectivity index (χ3n) is 2.69. The number of furan rings is 1. The first-order chi connectivity index (χ1) is 8.95. The zero-order valence-electron chi connectivity index (χ0n) is 10.4. The predicted molar refractivity (Wildman–Crippen MR) is 66.9 cm³/mol. The summed E-state index contributed by atoms with van der Waals surface area (Å²) in [4.78, 5) is 0. The number of benzene rings is 1. The van der Waals surface area contributed by atoms with Crippen LogP contribution in [0, 0.1) is 0 Å². The van der Waals surface area contributed by atoms with E-state index in [2.05, 4.69) is 5.32 Å². The molecule has 0 aliphatic carbocycles. The van der Waals surface area contributed by atoms with Crippen LogP contribution in [0.2, 0.25) is 0 Å². The van der Waals surface area contributed by atoms with Gasteiger partial charge in [-0.2, -0.15) is 13.2 Å². The molecular weight excluding hydrogens is 255 g/mol. The fraction of sp³-hybridized carbons (Fsp3) is 0.286. The van der Waals surface area contributed by atoms with Crippen molar-refractivity contribution in [3.8, 4) is 0 Å². The third-order valence-corrected chi connectivity index (χ3v) is 2.69. The van der Waals surface area contributed by atoms with Gasteiger partial charge < -0.3 is 9.73 Å². The maximum absolute atomic E-state index is 12.6. The summed E-state index contributed by atoms with van der Waals surface area (Å²) >= 11 is 0. The van der Waals surface area contributed by atoms with Gasteiger partial charge in [-0.3, -0.25) is 0 Å². The third kappa shape index (κ3) is 3.77. The molecule has 19 heavy (non-hydrogen) atoms. The average molecular weight is 269 g/mol. The minimum absolute atomic E-state index is 0.0189. The van der Waals surface area contributed by atoms with Gasteiger partial charge in [-0.25, -0.2) is 0 Å². The van der Waals surface area contributed by atoms with Crippen molar-refractivity contribution in [3.05, 3.63) is 54.0 Å². The Kier molecular flexibility index (Phi) is 3.83. The topological polar surface area (TPSA) is 25.2 Å². The van der Waals surface area contributed by atoms with Crippen molar-refractivity contribution < 1.29 is 17.6 Å². The zero-order chi connectivity index (χ0) is 13.9. The van der Waals surface area contributed by atoms with E-state index in [1.807, 2.05) is 13.0 Å². The van der Waals surface area contributed by atoms with Crippen LogP contribution in [-0.2, 0) is 12.6 Å². The summed E-state index contributed by atoms with van der Waals surface area (Å²) in [7, 11) is 0. The molecule has 0 spiro atoms. The number of nitrogens with one attached hydrogen (secondary N) is 1. The predicted octanol–water partition coefficient (Wildman–Crippen LogP) is 4.34. The van der Waals surface area contributed by atoms with Crippen LogP contribution in [0.25, 0.3) is 0 Å². The van der Waals surface area contributed by atoms with Gasteiger partial charge in [0.25, 0.3) is 0 Å². The number of rotatable bonds is 4. The molecule has 0 radical (unpaired) electrons. The lowest BCUT2D eigenvalue weighted by molar-refractivity contribution is -0.137. The lowest BCUT2D eigenvalue weighted by atomic mass is 10.1. The Morgan fingerprint density at radius 2 is 2.00 bits per heavy atom. The number of halogens is 3. The van der Waals surface area contributed by atoms with Gasteiger partial charge in [0, 0.05) is 18.2 Å². The summed E-state index contributed by atoms with van der Waals surface area (Å²) in [5, 5.41) is 3.03. The summed E-state index contributed by atoms with van der Waals surface area (Å²) in [6, 6.07) is 8.78. The molecule has 0 amide bonds. The number of alkyl halides is 3. The van der Waals surface area contributed by atoms with E-state index in [9.17, 15) is 13.2 Å². The minimum Gasteiger partial charge on any atom is -0.469 e. The Morgan fingerprint density at radius 3 is 2.63 bits per heavy atom. The number of hydrogen-bond donors (Lipinski definition) is 1. The maximum Gasteiger partial charge on any atom is 0.416 e. The lowest BCUT2D eigenvalue weighted by Crippen LogP contribution is -2.18. The summed E-state index contributed by atoms with van der Waals surface area (Å²) in [6.45, 7) is 1.89. The maximum atomic E-state index is 12.6. The highest BCUT2D eigenvalue weighted by molar-refractivity contribution is 5.47. The quantitative estimate of drug-likeness (QED) is 0.893.